The molecule has 0 rings (SSSR count). The van der Waals surface area contributed by atoms with Crippen LogP contribution in [0.15, 0.2) is 0 Å². The average molecular weight is 276 g/mol. The van der Waals surface area contributed by atoms with E-state index < -0.39 is 7.14 Å². The molecule has 0 heterocycles. The van der Waals surface area contributed by atoms with Gasteiger partial charge in [-0.25, -0.2) is 0 Å². The number of esters is 1. The maximum atomic E-state index is 12.7. The molecule has 0 aromatic carbocycles. The molecule has 0 spiro atoms. The topological polar surface area (TPSA) is 43.4 Å². The summed E-state index contributed by atoms with van der Waals surface area (Å²) in [7, 11) is -2.04. The van der Waals surface area contributed by atoms with Crippen LogP contribution in [0.2, 0.25) is 0 Å². The Labute approximate surface area is 112 Å². The van der Waals surface area contributed by atoms with E-state index in [-0.39, 0.29) is 5.97 Å². The summed E-state index contributed by atoms with van der Waals surface area (Å²) in [6, 6.07) is 0. The molecule has 3 nitrogen and oxygen atoms in total. The van der Waals surface area contributed by atoms with E-state index in [2.05, 4.69) is 13.8 Å². The van der Waals surface area contributed by atoms with Gasteiger partial charge in [-0.2, -0.15) is 0 Å². The van der Waals surface area contributed by atoms with E-state index in [0.717, 1.165) is 38.0 Å². The fourth-order valence-electron chi connectivity index (χ4n) is 1.97. The molecule has 0 bridgehead atoms. The highest BCUT2D eigenvalue weighted by atomic mass is 31.2. The minimum Gasteiger partial charge on any atom is -0.466 e. The SMILES string of the molecule is CCCCP(=O)(CCCC)CCCC(=O)OCC. The monoisotopic (exact) mass is 276 g/mol. The maximum Gasteiger partial charge on any atom is 0.305 e. The highest BCUT2D eigenvalue weighted by Gasteiger charge is 2.20. The Bertz CT molecular complexity index is 252. The number of unbranched alkanes of at least 4 members (excludes halogenated alkanes) is 2. The third-order valence-electron chi connectivity index (χ3n) is 3.09. The van der Waals surface area contributed by atoms with Crippen molar-refractivity contribution in [2.75, 3.05) is 25.1 Å². The summed E-state index contributed by atoms with van der Waals surface area (Å²) in [5, 5.41) is 0. The van der Waals surface area contributed by atoms with Crippen LogP contribution in [-0.4, -0.2) is 31.1 Å². The first-order valence-electron chi connectivity index (χ1n) is 7.30. The van der Waals surface area contributed by atoms with Crippen molar-refractivity contribution >= 4 is 13.1 Å². The Hall–Kier alpha value is -0.300. The summed E-state index contributed by atoms with van der Waals surface area (Å²) in [6.45, 7) is 6.50. The molecule has 18 heavy (non-hydrogen) atoms. The molecule has 108 valence electrons. The third kappa shape index (κ3) is 8.74. The molecule has 0 aliphatic carbocycles. The molecule has 0 amide bonds. The molecular formula is C14H29O3P. The lowest BCUT2D eigenvalue weighted by atomic mass is 10.3. The van der Waals surface area contributed by atoms with Gasteiger partial charge >= 0.3 is 5.97 Å². The smallest absolute Gasteiger partial charge is 0.305 e. The van der Waals surface area contributed by atoms with Gasteiger partial charge < -0.3 is 9.30 Å². The van der Waals surface area contributed by atoms with E-state index >= 15 is 0 Å². The second-order valence-electron chi connectivity index (χ2n) is 4.84. The van der Waals surface area contributed by atoms with Crippen molar-refractivity contribution in [1.82, 2.24) is 0 Å². The lowest BCUT2D eigenvalue weighted by molar-refractivity contribution is -0.143. The Morgan fingerprint density at radius 1 is 0.944 bits per heavy atom. The van der Waals surface area contributed by atoms with Crippen molar-refractivity contribution in [2.45, 2.75) is 59.3 Å². The van der Waals surface area contributed by atoms with Crippen molar-refractivity contribution in [3.8, 4) is 0 Å². The van der Waals surface area contributed by atoms with Gasteiger partial charge in [0.1, 0.15) is 0 Å². The van der Waals surface area contributed by atoms with Crippen LogP contribution in [0.1, 0.15) is 59.3 Å². The predicted octanol–water partition coefficient (Wildman–Crippen LogP) is 4.29. The number of carbonyl (C=O) groups excluding carboxylic acids is 1. The minimum atomic E-state index is -2.04. The summed E-state index contributed by atoms with van der Waals surface area (Å²) >= 11 is 0. The quantitative estimate of drug-likeness (QED) is 0.417. The van der Waals surface area contributed by atoms with Gasteiger partial charge in [0.25, 0.3) is 0 Å². The standard InChI is InChI=1S/C14H29O3P/c1-4-7-11-18(16,12-8-5-2)13-9-10-14(15)17-6-3/h4-13H2,1-3H3. The first kappa shape index (κ1) is 17.7. The van der Waals surface area contributed by atoms with Crippen LogP contribution in [-0.2, 0) is 14.1 Å². The molecule has 0 atom stereocenters. The van der Waals surface area contributed by atoms with Gasteiger partial charge in [-0.05, 0) is 26.2 Å². The number of rotatable bonds is 11. The molecule has 0 aliphatic rings. The molecule has 0 aromatic heterocycles. The predicted molar refractivity (Wildman–Crippen MR) is 77.9 cm³/mol. The molecule has 0 N–H and O–H groups in total. The molecule has 0 saturated carbocycles. The van der Waals surface area contributed by atoms with E-state index in [1.54, 1.807) is 0 Å². The molecule has 0 unspecified atom stereocenters. The zero-order chi connectivity index (χ0) is 13.9. The summed E-state index contributed by atoms with van der Waals surface area (Å²) in [6.07, 6.45) is 7.81. The fraction of sp³-hybridized carbons (Fsp3) is 0.929. The van der Waals surface area contributed by atoms with Crippen LogP contribution in [0.25, 0.3) is 0 Å². The van der Waals surface area contributed by atoms with Crippen LogP contribution in [0.4, 0.5) is 0 Å². The van der Waals surface area contributed by atoms with Gasteiger partial charge in [0, 0.05) is 24.9 Å². The Kier molecular flexibility index (Phi) is 10.4. The zero-order valence-corrected chi connectivity index (χ0v) is 13.1. The van der Waals surface area contributed by atoms with Gasteiger partial charge in [-0.1, -0.05) is 26.7 Å². The lowest BCUT2D eigenvalue weighted by Crippen LogP contribution is -2.07. The number of carbonyl (C=O) groups is 1. The first-order chi connectivity index (χ1) is 8.58. The highest BCUT2D eigenvalue weighted by Crippen LogP contribution is 2.48. The molecule has 0 fully saturated rings. The maximum absolute atomic E-state index is 12.7. The average Bonchev–Trinajstić information content (AvgIpc) is 2.34. The molecule has 0 radical (unpaired) electrons. The Balaban J connectivity index is 4.07. The molecule has 0 aromatic rings. The Morgan fingerprint density at radius 2 is 1.44 bits per heavy atom. The van der Waals surface area contributed by atoms with Gasteiger partial charge in [0.15, 0.2) is 0 Å². The van der Waals surface area contributed by atoms with E-state index in [9.17, 15) is 9.36 Å². The molecule has 0 saturated heterocycles. The number of hydrogen-bond donors (Lipinski definition) is 0. The number of hydrogen-bond acceptors (Lipinski definition) is 3. The van der Waals surface area contributed by atoms with Crippen molar-refractivity contribution < 1.29 is 14.1 Å². The van der Waals surface area contributed by atoms with Crippen LogP contribution in [0.3, 0.4) is 0 Å². The lowest BCUT2D eigenvalue weighted by Gasteiger charge is -2.17. The fourth-order valence-corrected chi connectivity index (χ4v) is 5.16. The summed E-state index contributed by atoms with van der Waals surface area (Å²) in [4.78, 5) is 11.2. The van der Waals surface area contributed by atoms with Crippen molar-refractivity contribution in [3.63, 3.8) is 0 Å². The van der Waals surface area contributed by atoms with Crippen molar-refractivity contribution in [2.24, 2.45) is 0 Å². The van der Waals surface area contributed by atoms with Crippen LogP contribution >= 0.6 is 7.14 Å². The van der Waals surface area contributed by atoms with Crippen LogP contribution in [0.5, 0.6) is 0 Å². The highest BCUT2D eigenvalue weighted by molar-refractivity contribution is 7.63. The van der Waals surface area contributed by atoms with Crippen LogP contribution in [0, 0.1) is 0 Å². The van der Waals surface area contributed by atoms with E-state index in [0.29, 0.717) is 25.6 Å². The van der Waals surface area contributed by atoms with Crippen LogP contribution < -0.4 is 0 Å². The molecule has 4 heteroatoms. The van der Waals surface area contributed by atoms with Gasteiger partial charge in [-0.15, -0.1) is 0 Å². The summed E-state index contributed by atoms with van der Waals surface area (Å²) in [5.41, 5.74) is 0. The van der Waals surface area contributed by atoms with E-state index in [1.165, 1.54) is 0 Å². The zero-order valence-electron chi connectivity index (χ0n) is 12.2. The Morgan fingerprint density at radius 3 is 1.89 bits per heavy atom. The van der Waals surface area contributed by atoms with Gasteiger partial charge in [0.2, 0.25) is 0 Å². The minimum absolute atomic E-state index is 0.157. The number of ether oxygens (including phenoxy) is 1. The van der Waals surface area contributed by atoms with Crippen molar-refractivity contribution in [3.05, 3.63) is 0 Å². The third-order valence-corrected chi connectivity index (χ3v) is 6.48. The molecular weight excluding hydrogens is 247 g/mol. The van der Waals surface area contributed by atoms with E-state index in [4.69, 9.17) is 4.74 Å². The first-order valence-corrected chi connectivity index (χ1v) is 9.57. The van der Waals surface area contributed by atoms with Gasteiger partial charge in [0.05, 0.1) is 13.7 Å². The summed E-state index contributed by atoms with van der Waals surface area (Å²) < 4.78 is 17.6. The second-order valence-corrected chi connectivity index (χ2v) is 8.30. The van der Waals surface area contributed by atoms with E-state index in [1.807, 2.05) is 6.92 Å². The largest absolute Gasteiger partial charge is 0.466 e. The normalized spacial score (nSPS) is 11.5. The van der Waals surface area contributed by atoms with Gasteiger partial charge in [-0.3, -0.25) is 4.79 Å². The summed E-state index contributed by atoms with van der Waals surface area (Å²) in [5.74, 6) is -0.157. The second kappa shape index (κ2) is 10.6. The van der Waals surface area contributed by atoms with Crippen molar-refractivity contribution in [1.29, 1.82) is 0 Å². The molecule has 0 aliphatic heterocycles.